The van der Waals surface area contributed by atoms with Crippen molar-refractivity contribution in [3.05, 3.63) is 53.6 Å². The smallest absolute Gasteiger partial charge is 0.260 e. The van der Waals surface area contributed by atoms with E-state index in [-0.39, 0.29) is 30.6 Å². The van der Waals surface area contributed by atoms with E-state index in [9.17, 15) is 14.4 Å². The van der Waals surface area contributed by atoms with Gasteiger partial charge in [-0.25, -0.2) is 4.98 Å². The van der Waals surface area contributed by atoms with Crippen LogP contribution >= 0.6 is 11.3 Å². The van der Waals surface area contributed by atoms with E-state index in [0.29, 0.717) is 29.5 Å². The van der Waals surface area contributed by atoms with Gasteiger partial charge >= 0.3 is 0 Å². The molecule has 0 atom stereocenters. The molecule has 160 valence electrons. The molecule has 0 bridgehead atoms. The fourth-order valence-electron chi connectivity index (χ4n) is 3.55. The summed E-state index contributed by atoms with van der Waals surface area (Å²) < 4.78 is 1.04. The Morgan fingerprint density at radius 2 is 1.71 bits per heavy atom. The molecule has 2 aromatic carbocycles. The molecule has 1 aromatic heterocycles. The number of benzene rings is 2. The maximum Gasteiger partial charge on any atom is 0.260 e. The van der Waals surface area contributed by atoms with Crippen LogP contribution in [0.15, 0.2) is 42.5 Å². The third kappa shape index (κ3) is 4.22. The number of anilines is 2. The van der Waals surface area contributed by atoms with Crippen LogP contribution < -0.4 is 9.80 Å². The monoisotopic (exact) mass is 436 g/mol. The van der Waals surface area contributed by atoms with Crippen molar-refractivity contribution in [2.75, 3.05) is 37.0 Å². The Labute approximate surface area is 184 Å². The fraction of sp³-hybridized carbons (Fsp3) is 0.304. The molecule has 3 amide bonds. The summed E-state index contributed by atoms with van der Waals surface area (Å²) in [6.07, 6.45) is 0.462. The van der Waals surface area contributed by atoms with Crippen molar-refractivity contribution >= 4 is 50.1 Å². The summed E-state index contributed by atoms with van der Waals surface area (Å²) in [4.78, 5) is 47.0. The average Bonchev–Trinajstić information content (AvgIpc) is 3.32. The first-order valence-corrected chi connectivity index (χ1v) is 11.0. The number of aryl methyl sites for hydroxylation is 1. The van der Waals surface area contributed by atoms with Crippen LogP contribution in [0.5, 0.6) is 0 Å². The zero-order valence-electron chi connectivity index (χ0n) is 17.8. The lowest BCUT2D eigenvalue weighted by Crippen LogP contribution is -2.36. The lowest BCUT2D eigenvalue weighted by atomic mass is 10.1. The van der Waals surface area contributed by atoms with Crippen molar-refractivity contribution in [3.8, 4) is 0 Å². The van der Waals surface area contributed by atoms with Crippen LogP contribution in [0, 0.1) is 6.92 Å². The number of aromatic nitrogens is 1. The molecule has 0 aliphatic carbocycles. The molecule has 0 unspecified atom stereocenters. The summed E-state index contributed by atoms with van der Waals surface area (Å²) in [5, 5.41) is 0.658. The van der Waals surface area contributed by atoms with Gasteiger partial charge in [0.2, 0.25) is 11.8 Å². The van der Waals surface area contributed by atoms with Crippen LogP contribution in [0.4, 0.5) is 10.8 Å². The summed E-state index contributed by atoms with van der Waals surface area (Å²) in [5.41, 5.74) is 2.97. The number of thiazole rings is 1. The summed E-state index contributed by atoms with van der Waals surface area (Å²) in [6.45, 7) is 3.20. The van der Waals surface area contributed by atoms with E-state index in [1.54, 1.807) is 29.2 Å². The minimum Gasteiger partial charge on any atom is -0.308 e. The summed E-state index contributed by atoms with van der Waals surface area (Å²) >= 11 is 1.50. The second-order valence-electron chi connectivity index (χ2n) is 7.85. The molecule has 0 spiro atoms. The van der Waals surface area contributed by atoms with Gasteiger partial charge in [0.1, 0.15) is 0 Å². The normalized spacial score (nSPS) is 14.1. The average molecular weight is 437 g/mol. The minimum absolute atomic E-state index is 0.163. The van der Waals surface area contributed by atoms with Gasteiger partial charge in [0, 0.05) is 31.5 Å². The highest BCUT2D eigenvalue weighted by molar-refractivity contribution is 7.22. The second-order valence-corrected chi connectivity index (χ2v) is 8.86. The number of hydrogen-bond acceptors (Lipinski definition) is 6. The maximum absolute atomic E-state index is 13.4. The van der Waals surface area contributed by atoms with Gasteiger partial charge in [-0.05, 0) is 56.9 Å². The maximum atomic E-state index is 13.4. The predicted octanol–water partition coefficient (Wildman–Crippen LogP) is 3.47. The quantitative estimate of drug-likeness (QED) is 0.553. The predicted molar refractivity (Wildman–Crippen MR) is 123 cm³/mol. The number of carbonyl (C=O) groups excluding carboxylic acids is 3. The largest absolute Gasteiger partial charge is 0.308 e. The molecule has 0 N–H and O–H groups in total. The zero-order chi connectivity index (χ0) is 22.1. The minimum atomic E-state index is -0.207. The number of para-hydroxylation sites is 1. The number of carbonyl (C=O) groups is 3. The Morgan fingerprint density at radius 3 is 2.32 bits per heavy atom. The SMILES string of the molecule is Cc1cccc2sc(N(CCN(C)C)C(=O)c3ccc(N4C(=O)CCC4=O)cc3)nc12. The topological polar surface area (TPSA) is 73.8 Å². The van der Waals surface area contributed by atoms with E-state index in [1.807, 2.05) is 44.1 Å². The first-order valence-electron chi connectivity index (χ1n) is 10.1. The third-order valence-corrected chi connectivity index (χ3v) is 6.32. The van der Waals surface area contributed by atoms with Gasteiger partial charge < -0.3 is 4.90 Å². The van der Waals surface area contributed by atoms with Crippen LogP contribution in [0.25, 0.3) is 10.2 Å². The Kier molecular flexibility index (Phi) is 5.84. The molecule has 1 fully saturated rings. The summed E-state index contributed by atoms with van der Waals surface area (Å²) in [5.74, 6) is -0.577. The first kappa shape index (κ1) is 21.1. The molecule has 1 saturated heterocycles. The highest BCUT2D eigenvalue weighted by Gasteiger charge is 2.30. The Hall–Kier alpha value is -3.10. The number of imide groups is 1. The Balaban J connectivity index is 1.64. The Morgan fingerprint density at radius 1 is 1.03 bits per heavy atom. The van der Waals surface area contributed by atoms with E-state index >= 15 is 0 Å². The van der Waals surface area contributed by atoms with E-state index in [2.05, 4.69) is 0 Å². The number of hydrogen-bond donors (Lipinski definition) is 0. The van der Waals surface area contributed by atoms with Crippen molar-refractivity contribution in [1.82, 2.24) is 9.88 Å². The molecule has 0 radical (unpaired) electrons. The zero-order valence-corrected chi connectivity index (χ0v) is 18.6. The van der Waals surface area contributed by atoms with E-state index in [0.717, 1.165) is 15.8 Å². The standard InChI is InChI=1S/C23H24N4O3S/c1-15-5-4-6-18-21(15)24-23(31-18)26(14-13-25(2)3)22(30)16-7-9-17(10-8-16)27-19(28)11-12-20(27)29/h4-10H,11-14H2,1-3H3. The van der Waals surface area contributed by atoms with Gasteiger partial charge in [0.05, 0.1) is 15.9 Å². The molecular weight excluding hydrogens is 412 g/mol. The molecule has 1 aliphatic heterocycles. The van der Waals surface area contributed by atoms with Gasteiger partial charge in [0.15, 0.2) is 5.13 Å². The molecule has 2 heterocycles. The third-order valence-electron chi connectivity index (χ3n) is 5.28. The van der Waals surface area contributed by atoms with Gasteiger partial charge in [-0.1, -0.05) is 23.5 Å². The molecule has 8 heteroatoms. The highest BCUT2D eigenvalue weighted by Crippen LogP contribution is 2.31. The van der Waals surface area contributed by atoms with E-state index in [4.69, 9.17) is 4.98 Å². The molecule has 4 rings (SSSR count). The van der Waals surface area contributed by atoms with Gasteiger partial charge in [-0.15, -0.1) is 0 Å². The van der Waals surface area contributed by atoms with Crippen LogP contribution in [-0.2, 0) is 9.59 Å². The molecule has 1 aliphatic rings. The van der Waals surface area contributed by atoms with Gasteiger partial charge in [-0.2, -0.15) is 0 Å². The van der Waals surface area contributed by atoms with Crippen molar-refractivity contribution in [3.63, 3.8) is 0 Å². The lowest BCUT2D eigenvalue weighted by Gasteiger charge is -2.22. The van der Waals surface area contributed by atoms with E-state index in [1.165, 1.54) is 16.2 Å². The van der Waals surface area contributed by atoms with Crippen LogP contribution in [0.2, 0.25) is 0 Å². The number of nitrogens with zero attached hydrogens (tertiary/aromatic N) is 4. The molecular formula is C23H24N4O3S. The van der Waals surface area contributed by atoms with Crippen molar-refractivity contribution in [2.45, 2.75) is 19.8 Å². The highest BCUT2D eigenvalue weighted by atomic mass is 32.1. The van der Waals surface area contributed by atoms with E-state index < -0.39 is 0 Å². The summed E-state index contributed by atoms with van der Waals surface area (Å²) in [7, 11) is 3.92. The number of likely N-dealkylation sites (N-methyl/N-ethyl adjacent to an activating group) is 1. The van der Waals surface area contributed by atoms with Crippen molar-refractivity contribution in [1.29, 1.82) is 0 Å². The van der Waals surface area contributed by atoms with Crippen LogP contribution in [0.3, 0.4) is 0 Å². The number of amides is 3. The van der Waals surface area contributed by atoms with Crippen LogP contribution in [0.1, 0.15) is 28.8 Å². The molecule has 3 aromatic rings. The van der Waals surface area contributed by atoms with Gasteiger partial charge in [-0.3, -0.25) is 24.2 Å². The van der Waals surface area contributed by atoms with Crippen LogP contribution in [-0.4, -0.2) is 54.8 Å². The molecule has 31 heavy (non-hydrogen) atoms. The number of fused-ring (bicyclic) bond motifs is 1. The second kappa shape index (κ2) is 8.56. The number of rotatable bonds is 6. The fourth-order valence-corrected chi connectivity index (χ4v) is 4.62. The summed E-state index contributed by atoms with van der Waals surface area (Å²) in [6, 6.07) is 12.7. The van der Waals surface area contributed by atoms with Crippen molar-refractivity contribution < 1.29 is 14.4 Å². The first-order chi connectivity index (χ1) is 14.8. The Bertz CT molecular complexity index is 1140. The molecule has 7 nitrogen and oxygen atoms in total. The van der Waals surface area contributed by atoms with Gasteiger partial charge in [0.25, 0.3) is 5.91 Å². The lowest BCUT2D eigenvalue weighted by molar-refractivity contribution is -0.121. The molecule has 0 saturated carbocycles. The van der Waals surface area contributed by atoms with Crippen molar-refractivity contribution in [2.24, 2.45) is 0 Å².